The lowest BCUT2D eigenvalue weighted by Crippen LogP contribution is -2.06. The maximum Gasteiger partial charge on any atom is 0.343 e. The number of hydrogen-bond donors (Lipinski definition) is 0. The minimum Gasteiger partial charge on any atom is -0.465 e. The van der Waals surface area contributed by atoms with Gasteiger partial charge in [-0.25, -0.2) is 19.6 Å². The van der Waals surface area contributed by atoms with Crippen LogP contribution in [0, 0.1) is 20.8 Å². The molecule has 0 unspecified atom stereocenters. The van der Waals surface area contributed by atoms with Crippen molar-refractivity contribution in [3.05, 3.63) is 78.6 Å². The standard InChI is InChI=1S/C16H16BrNO3.C7H5BrClNO2/c1-9-5-10(2)14(11(3)6-9)21-15-13(16(19)20-4)7-12(17)8-18-15;1-12-7(11)5-2-4(8)3-10-6(5)9/h5-8H,1-4H3;2-3H,1H3. The summed E-state index contributed by atoms with van der Waals surface area (Å²) in [6.07, 6.45) is 3.09. The Morgan fingerprint density at radius 3 is 1.85 bits per heavy atom. The number of carbonyl (C=O) groups is 2. The monoisotopic (exact) mass is 598 g/mol. The molecule has 0 N–H and O–H groups in total. The fourth-order valence-corrected chi connectivity index (χ4v) is 3.71. The van der Waals surface area contributed by atoms with Crippen molar-refractivity contribution in [2.45, 2.75) is 20.8 Å². The van der Waals surface area contributed by atoms with E-state index in [1.54, 1.807) is 18.3 Å². The van der Waals surface area contributed by atoms with Crippen molar-refractivity contribution < 1.29 is 23.8 Å². The Labute approximate surface area is 213 Å². The first kappa shape index (κ1) is 26.8. The van der Waals surface area contributed by atoms with E-state index in [1.165, 1.54) is 20.4 Å². The molecule has 0 bridgehead atoms. The first-order chi connectivity index (χ1) is 15.6. The van der Waals surface area contributed by atoms with Crippen molar-refractivity contribution in [3.8, 4) is 11.6 Å². The lowest BCUT2D eigenvalue weighted by Gasteiger charge is -2.14. The number of pyridine rings is 2. The Hall–Kier alpha value is -2.49. The van der Waals surface area contributed by atoms with Gasteiger partial charge in [0.25, 0.3) is 0 Å². The number of ether oxygens (including phenoxy) is 3. The number of carbonyl (C=O) groups excluding carboxylic acids is 2. The van der Waals surface area contributed by atoms with E-state index >= 15 is 0 Å². The molecule has 3 rings (SSSR count). The molecule has 10 heteroatoms. The van der Waals surface area contributed by atoms with E-state index in [4.69, 9.17) is 21.1 Å². The third-order valence-corrected chi connectivity index (χ3v) is 5.41. The molecule has 0 atom stereocenters. The fraction of sp³-hybridized carbons (Fsp3) is 0.217. The second-order valence-corrected chi connectivity index (χ2v) is 9.00. The van der Waals surface area contributed by atoms with Gasteiger partial charge >= 0.3 is 11.9 Å². The van der Waals surface area contributed by atoms with E-state index in [9.17, 15) is 9.59 Å². The molecule has 0 aliphatic rings. The molecule has 7 nitrogen and oxygen atoms in total. The predicted molar refractivity (Wildman–Crippen MR) is 132 cm³/mol. The van der Waals surface area contributed by atoms with E-state index in [-0.39, 0.29) is 22.2 Å². The van der Waals surface area contributed by atoms with Crippen LogP contribution >= 0.6 is 43.5 Å². The van der Waals surface area contributed by atoms with Gasteiger partial charge < -0.3 is 14.2 Å². The highest BCUT2D eigenvalue weighted by Crippen LogP contribution is 2.31. The molecule has 1 aromatic carbocycles. The number of benzene rings is 1. The molecular formula is C23H21Br2ClN2O5. The van der Waals surface area contributed by atoms with E-state index in [0.29, 0.717) is 14.7 Å². The van der Waals surface area contributed by atoms with E-state index in [0.717, 1.165) is 16.7 Å². The zero-order valence-corrected chi connectivity index (χ0v) is 22.5. The number of aryl methyl sites for hydroxylation is 3. The first-order valence-corrected chi connectivity index (χ1v) is 11.4. The summed E-state index contributed by atoms with van der Waals surface area (Å²) >= 11 is 12.1. The van der Waals surface area contributed by atoms with Gasteiger partial charge in [0.2, 0.25) is 5.88 Å². The molecule has 0 fully saturated rings. The van der Waals surface area contributed by atoms with Crippen molar-refractivity contribution in [2.24, 2.45) is 0 Å². The van der Waals surface area contributed by atoms with Gasteiger partial charge in [-0.1, -0.05) is 29.3 Å². The lowest BCUT2D eigenvalue weighted by atomic mass is 10.1. The fourth-order valence-electron chi connectivity index (χ4n) is 2.86. The largest absolute Gasteiger partial charge is 0.465 e. The van der Waals surface area contributed by atoms with Gasteiger partial charge in [0.1, 0.15) is 16.5 Å². The zero-order valence-electron chi connectivity index (χ0n) is 18.5. The van der Waals surface area contributed by atoms with Gasteiger partial charge in [0.15, 0.2) is 0 Å². The highest BCUT2D eigenvalue weighted by molar-refractivity contribution is 9.10. The number of halogens is 3. The Balaban J connectivity index is 0.000000273. The van der Waals surface area contributed by atoms with Crippen LogP contribution in [0.1, 0.15) is 37.4 Å². The van der Waals surface area contributed by atoms with Crippen molar-refractivity contribution in [1.29, 1.82) is 0 Å². The normalized spacial score (nSPS) is 10.1. The molecule has 2 heterocycles. The van der Waals surface area contributed by atoms with Gasteiger partial charge in [-0.15, -0.1) is 0 Å². The number of nitrogens with zero attached hydrogens (tertiary/aromatic N) is 2. The van der Waals surface area contributed by atoms with Crippen molar-refractivity contribution >= 4 is 55.4 Å². The van der Waals surface area contributed by atoms with E-state index in [2.05, 4.69) is 46.6 Å². The van der Waals surface area contributed by atoms with Gasteiger partial charge in [-0.3, -0.25) is 0 Å². The van der Waals surface area contributed by atoms with Crippen molar-refractivity contribution in [1.82, 2.24) is 9.97 Å². The third-order valence-electron chi connectivity index (χ3n) is 4.24. The molecule has 3 aromatic rings. The summed E-state index contributed by atoms with van der Waals surface area (Å²) < 4.78 is 16.5. The molecule has 0 amide bonds. The average molecular weight is 601 g/mol. The summed E-state index contributed by atoms with van der Waals surface area (Å²) in [6, 6.07) is 7.24. The van der Waals surface area contributed by atoms with Crippen LogP contribution in [0.15, 0.2) is 45.6 Å². The number of hydrogen-bond acceptors (Lipinski definition) is 7. The number of esters is 2. The molecular weight excluding hydrogens is 580 g/mol. The van der Waals surface area contributed by atoms with Crippen molar-refractivity contribution in [3.63, 3.8) is 0 Å². The predicted octanol–water partition coefficient (Wildman–Crippen LogP) is 6.63. The van der Waals surface area contributed by atoms with Crippen LogP contribution < -0.4 is 4.74 Å². The summed E-state index contributed by atoms with van der Waals surface area (Å²) in [6.45, 7) is 5.96. The maximum atomic E-state index is 11.8. The Bertz CT molecular complexity index is 1160. The second kappa shape index (κ2) is 12.1. The molecule has 0 saturated heterocycles. The van der Waals surface area contributed by atoms with Gasteiger partial charge in [-0.2, -0.15) is 0 Å². The van der Waals surface area contributed by atoms with Crippen LogP contribution in [0.5, 0.6) is 11.6 Å². The van der Waals surface area contributed by atoms with Gasteiger partial charge in [0.05, 0.1) is 19.8 Å². The zero-order chi connectivity index (χ0) is 24.7. The summed E-state index contributed by atoms with van der Waals surface area (Å²) in [4.78, 5) is 30.8. The third kappa shape index (κ3) is 7.25. The molecule has 0 aliphatic heterocycles. The Kier molecular flexibility index (Phi) is 9.82. The SMILES string of the molecule is COC(=O)c1cc(Br)cnc1Cl.COC(=O)c1cc(Br)cnc1Oc1c(C)cc(C)cc1C. The summed E-state index contributed by atoms with van der Waals surface area (Å²) in [5.74, 6) is -0.0318. The average Bonchev–Trinajstić information content (AvgIpc) is 2.78. The topological polar surface area (TPSA) is 87.6 Å². The van der Waals surface area contributed by atoms with Crippen LogP contribution in [-0.2, 0) is 9.47 Å². The highest BCUT2D eigenvalue weighted by atomic mass is 79.9. The number of methoxy groups -OCH3 is 2. The van der Waals surface area contributed by atoms with E-state index < -0.39 is 11.9 Å². The number of aromatic nitrogens is 2. The van der Waals surface area contributed by atoms with Crippen molar-refractivity contribution in [2.75, 3.05) is 14.2 Å². The molecule has 174 valence electrons. The minimum atomic E-state index is -0.492. The maximum absolute atomic E-state index is 11.8. The molecule has 0 radical (unpaired) electrons. The quantitative estimate of drug-likeness (QED) is 0.245. The van der Waals surface area contributed by atoms with Crippen LogP contribution in [0.4, 0.5) is 0 Å². The summed E-state index contributed by atoms with van der Waals surface area (Å²) in [7, 11) is 2.62. The molecule has 0 saturated carbocycles. The molecule has 0 aliphatic carbocycles. The summed E-state index contributed by atoms with van der Waals surface area (Å²) in [5.41, 5.74) is 3.69. The van der Waals surface area contributed by atoms with E-state index in [1.807, 2.05) is 32.9 Å². The van der Waals surface area contributed by atoms with Crippen LogP contribution in [0.2, 0.25) is 5.15 Å². The molecule has 33 heavy (non-hydrogen) atoms. The first-order valence-electron chi connectivity index (χ1n) is 9.46. The van der Waals surface area contributed by atoms with Crippen LogP contribution in [0.25, 0.3) is 0 Å². The summed E-state index contributed by atoms with van der Waals surface area (Å²) in [5, 5.41) is 0.144. The second-order valence-electron chi connectivity index (χ2n) is 6.81. The minimum absolute atomic E-state index is 0.144. The van der Waals surface area contributed by atoms with Gasteiger partial charge in [-0.05, 0) is 75.9 Å². The van der Waals surface area contributed by atoms with Gasteiger partial charge in [0, 0.05) is 21.3 Å². The van der Waals surface area contributed by atoms with Crippen LogP contribution in [-0.4, -0.2) is 36.1 Å². The Morgan fingerprint density at radius 2 is 1.30 bits per heavy atom. The molecule has 2 aromatic heterocycles. The lowest BCUT2D eigenvalue weighted by molar-refractivity contribution is 0.0589. The number of rotatable bonds is 4. The molecule has 0 spiro atoms. The highest BCUT2D eigenvalue weighted by Gasteiger charge is 2.18. The Morgan fingerprint density at radius 1 is 0.818 bits per heavy atom. The smallest absolute Gasteiger partial charge is 0.343 e. The van der Waals surface area contributed by atoms with Crippen LogP contribution in [0.3, 0.4) is 0 Å².